The number of sulfonamides is 1. The van der Waals surface area contributed by atoms with Gasteiger partial charge in [0.05, 0.1) is 10.5 Å². The van der Waals surface area contributed by atoms with Gasteiger partial charge in [-0.2, -0.15) is 0 Å². The van der Waals surface area contributed by atoms with Crippen LogP contribution in [0.15, 0.2) is 29.2 Å². The molecule has 1 aromatic rings. The summed E-state index contributed by atoms with van der Waals surface area (Å²) in [5, 5.41) is 0. The Balaban J connectivity index is 2.79. The largest absolute Gasteiger partial charge is 0.281 e. The Hall–Kier alpha value is -0.910. The van der Waals surface area contributed by atoms with E-state index in [2.05, 4.69) is 18.7 Å². The van der Waals surface area contributed by atoms with E-state index >= 15 is 0 Å². The van der Waals surface area contributed by atoms with Gasteiger partial charge in [0.25, 0.3) is 10.0 Å². The molecule has 0 saturated heterocycles. The highest BCUT2D eigenvalue weighted by Gasteiger charge is 2.19. The fraction of sp³-hybridized carbons (Fsp3) is 0.571. The topological polar surface area (TPSA) is 55.4 Å². The average molecular weight is 285 g/mol. The van der Waals surface area contributed by atoms with Gasteiger partial charge < -0.3 is 0 Å². The molecule has 1 N–H and O–H groups in total. The smallest absolute Gasteiger partial charge is 0.262 e. The lowest BCUT2D eigenvalue weighted by atomic mass is 10.0. The van der Waals surface area contributed by atoms with Crippen molar-refractivity contribution in [2.45, 2.75) is 51.5 Å². The molecule has 4 nitrogen and oxygen atoms in total. The maximum absolute atomic E-state index is 12.0. The second-order valence-corrected chi connectivity index (χ2v) is 7.69. The molecule has 1 rings (SSSR count). The molecule has 0 heterocycles. The summed E-state index contributed by atoms with van der Waals surface area (Å²) in [5.41, 5.74) is 0.565. The molecule has 0 bridgehead atoms. The molecule has 0 aliphatic carbocycles. The van der Waals surface area contributed by atoms with Gasteiger partial charge in [-0.25, -0.2) is 8.42 Å². The summed E-state index contributed by atoms with van der Waals surface area (Å²) >= 11 is 0. The van der Waals surface area contributed by atoms with Crippen LogP contribution in [-0.4, -0.2) is 14.0 Å². The third kappa shape index (κ3) is 5.72. The van der Waals surface area contributed by atoms with E-state index in [1.54, 1.807) is 32.9 Å². The monoisotopic (exact) mass is 285 g/mol. The fourth-order valence-corrected chi connectivity index (χ4v) is 2.45. The van der Waals surface area contributed by atoms with Gasteiger partial charge in [-0.15, -0.1) is 0 Å². The number of hydrogen-bond donors (Lipinski definition) is 1. The van der Waals surface area contributed by atoms with Crippen molar-refractivity contribution in [2.24, 2.45) is 5.92 Å². The fourth-order valence-electron chi connectivity index (χ4n) is 1.50. The van der Waals surface area contributed by atoms with Crippen molar-refractivity contribution in [1.82, 2.24) is 4.89 Å². The van der Waals surface area contributed by atoms with Crippen molar-refractivity contribution in [3.63, 3.8) is 0 Å². The molecule has 108 valence electrons. The molecule has 0 aliphatic heterocycles. The highest BCUT2D eigenvalue weighted by molar-refractivity contribution is 7.89. The number of rotatable bonds is 5. The minimum absolute atomic E-state index is 0.212. The standard InChI is InChI=1S/C14H23NO3S/c1-11(2)10-12-6-8-13(9-7-12)19(16,17)15-18-14(3,4)5/h6-9,11,15H,10H2,1-5H3. The first-order valence-electron chi connectivity index (χ1n) is 6.39. The van der Waals surface area contributed by atoms with Crippen LogP contribution in [0, 0.1) is 5.92 Å². The van der Waals surface area contributed by atoms with Crippen LogP contribution in [0.5, 0.6) is 0 Å². The molecule has 0 amide bonds. The molecule has 0 spiro atoms. The third-order valence-corrected chi connectivity index (χ3v) is 3.53. The summed E-state index contributed by atoms with van der Waals surface area (Å²) < 4.78 is 24.0. The van der Waals surface area contributed by atoms with E-state index < -0.39 is 15.6 Å². The van der Waals surface area contributed by atoms with Gasteiger partial charge in [0, 0.05) is 0 Å². The Kier molecular flexibility index (Phi) is 5.12. The zero-order valence-corrected chi connectivity index (χ0v) is 13.0. The number of nitrogens with one attached hydrogen (secondary N) is 1. The van der Waals surface area contributed by atoms with Gasteiger partial charge in [-0.05, 0) is 50.8 Å². The molecule has 0 aromatic heterocycles. The first kappa shape index (κ1) is 16.1. The molecule has 1 aromatic carbocycles. The van der Waals surface area contributed by atoms with Crippen molar-refractivity contribution in [3.8, 4) is 0 Å². The first-order chi connectivity index (χ1) is 8.60. The zero-order chi connectivity index (χ0) is 14.7. The Morgan fingerprint density at radius 3 is 2.11 bits per heavy atom. The summed E-state index contributed by atoms with van der Waals surface area (Å²) in [6.45, 7) is 9.59. The molecular formula is C14H23NO3S. The van der Waals surface area contributed by atoms with Crippen molar-refractivity contribution in [2.75, 3.05) is 0 Å². The predicted molar refractivity (Wildman–Crippen MR) is 76.1 cm³/mol. The van der Waals surface area contributed by atoms with E-state index in [4.69, 9.17) is 4.84 Å². The average Bonchev–Trinajstić information content (AvgIpc) is 2.26. The molecule has 0 atom stereocenters. The quantitative estimate of drug-likeness (QED) is 0.846. The Morgan fingerprint density at radius 2 is 1.68 bits per heavy atom. The second kappa shape index (κ2) is 6.03. The lowest BCUT2D eigenvalue weighted by Gasteiger charge is -2.19. The van der Waals surface area contributed by atoms with Crippen molar-refractivity contribution in [3.05, 3.63) is 29.8 Å². The van der Waals surface area contributed by atoms with Gasteiger partial charge in [-0.3, -0.25) is 4.84 Å². The minimum Gasteiger partial charge on any atom is -0.281 e. The van der Waals surface area contributed by atoms with Crippen LogP contribution in [0.1, 0.15) is 40.2 Å². The molecular weight excluding hydrogens is 262 g/mol. The maximum Gasteiger partial charge on any atom is 0.262 e. The van der Waals surface area contributed by atoms with Crippen LogP contribution >= 0.6 is 0 Å². The van der Waals surface area contributed by atoms with Crippen molar-refractivity contribution >= 4 is 10.0 Å². The normalized spacial score (nSPS) is 12.9. The lowest BCUT2D eigenvalue weighted by Crippen LogP contribution is -2.33. The highest BCUT2D eigenvalue weighted by Crippen LogP contribution is 2.14. The summed E-state index contributed by atoms with van der Waals surface area (Å²) in [6, 6.07) is 6.88. The molecule has 5 heteroatoms. The summed E-state index contributed by atoms with van der Waals surface area (Å²) in [7, 11) is -3.61. The van der Waals surface area contributed by atoms with Crippen molar-refractivity contribution in [1.29, 1.82) is 0 Å². The summed E-state index contributed by atoms with van der Waals surface area (Å²) in [5.74, 6) is 0.546. The molecule has 0 radical (unpaired) electrons. The van der Waals surface area contributed by atoms with Gasteiger partial charge in [0.15, 0.2) is 0 Å². The number of benzene rings is 1. The SMILES string of the molecule is CC(C)Cc1ccc(S(=O)(=O)NOC(C)(C)C)cc1. The van der Waals surface area contributed by atoms with E-state index in [1.165, 1.54) is 0 Å². The van der Waals surface area contributed by atoms with Crippen LogP contribution in [0.25, 0.3) is 0 Å². The Bertz CT molecular complexity index is 498. The molecule has 0 saturated carbocycles. The second-order valence-electron chi connectivity index (χ2n) is 6.04. The molecule has 0 fully saturated rings. The van der Waals surface area contributed by atoms with E-state index in [0.29, 0.717) is 5.92 Å². The van der Waals surface area contributed by atoms with Crippen LogP contribution in [0.2, 0.25) is 0 Å². The molecule has 0 unspecified atom stereocenters. The van der Waals surface area contributed by atoms with Gasteiger partial charge in [-0.1, -0.05) is 30.9 Å². The maximum atomic E-state index is 12.0. The third-order valence-electron chi connectivity index (χ3n) is 2.34. The van der Waals surface area contributed by atoms with Gasteiger partial charge in [0.1, 0.15) is 0 Å². The van der Waals surface area contributed by atoms with Crippen LogP contribution in [0.4, 0.5) is 0 Å². The van der Waals surface area contributed by atoms with E-state index in [-0.39, 0.29) is 4.90 Å². The van der Waals surface area contributed by atoms with Gasteiger partial charge in [0.2, 0.25) is 0 Å². The molecule has 19 heavy (non-hydrogen) atoms. The molecule has 0 aliphatic rings. The van der Waals surface area contributed by atoms with E-state index in [0.717, 1.165) is 12.0 Å². The summed E-state index contributed by atoms with van der Waals surface area (Å²) in [4.78, 5) is 7.47. The lowest BCUT2D eigenvalue weighted by molar-refractivity contribution is -0.0357. The Labute approximate surface area is 116 Å². The predicted octanol–water partition coefficient (Wildman–Crippen LogP) is 2.89. The summed E-state index contributed by atoms with van der Waals surface area (Å²) in [6.07, 6.45) is 0.937. The van der Waals surface area contributed by atoms with E-state index in [9.17, 15) is 8.42 Å². The van der Waals surface area contributed by atoms with Crippen LogP contribution in [0.3, 0.4) is 0 Å². The highest BCUT2D eigenvalue weighted by atomic mass is 32.2. The minimum atomic E-state index is -3.61. The Morgan fingerprint density at radius 1 is 1.16 bits per heavy atom. The zero-order valence-electron chi connectivity index (χ0n) is 12.2. The number of hydrogen-bond acceptors (Lipinski definition) is 3. The van der Waals surface area contributed by atoms with Crippen LogP contribution < -0.4 is 4.89 Å². The van der Waals surface area contributed by atoms with E-state index in [1.807, 2.05) is 12.1 Å². The van der Waals surface area contributed by atoms with Crippen LogP contribution in [-0.2, 0) is 21.3 Å². The van der Waals surface area contributed by atoms with Crippen molar-refractivity contribution < 1.29 is 13.3 Å². The van der Waals surface area contributed by atoms with Gasteiger partial charge >= 0.3 is 0 Å². The first-order valence-corrected chi connectivity index (χ1v) is 7.87.